The molecule has 0 saturated carbocycles. The molecule has 0 unspecified atom stereocenters. The van der Waals surface area contributed by atoms with Crippen LogP contribution in [-0.4, -0.2) is 42.5 Å². The largest absolute Gasteiger partial charge is 0.497 e. The molecule has 31 heavy (non-hydrogen) atoms. The van der Waals surface area contributed by atoms with Crippen LogP contribution in [0.25, 0.3) is 0 Å². The van der Waals surface area contributed by atoms with Gasteiger partial charge in [0.05, 0.1) is 17.2 Å². The molecule has 0 fully saturated rings. The summed E-state index contributed by atoms with van der Waals surface area (Å²) < 4.78 is 10.8. The number of rotatable bonds is 10. The summed E-state index contributed by atoms with van der Waals surface area (Å²) in [7, 11) is 1.58. The highest BCUT2D eigenvalue weighted by Crippen LogP contribution is 2.24. The summed E-state index contributed by atoms with van der Waals surface area (Å²) in [5, 5.41) is 3.73. The highest BCUT2D eigenvalue weighted by Gasteiger charge is 2.27. The lowest BCUT2D eigenvalue weighted by Crippen LogP contribution is -2.50. The molecule has 0 bridgehead atoms. The van der Waals surface area contributed by atoms with Gasteiger partial charge in [0.15, 0.2) is 6.61 Å². The molecule has 0 aliphatic heterocycles. The van der Waals surface area contributed by atoms with E-state index >= 15 is 0 Å². The number of hydrogen-bond donors (Lipinski definition) is 1. The third kappa shape index (κ3) is 7.33. The zero-order valence-electron chi connectivity index (χ0n) is 18.2. The van der Waals surface area contributed by atoms with Crippen molar-refractivity contribution in [1.29, 1.82) is 0 Å². The first-order chi connectivity index (χ1) is 14.7. The predicted octanol–water partition coefficient (Wildman–Crippen LogP) is 4.71. The summed E-state index contributed by atoms with van der Waals surface area (Å²) in [5.41, 5.74) is 0.760. The normalized spacial score (nSPS) is 12.6. The van der Waals surface area contributed by atoms with Crippen LogP contribution in [0.15, 0.2) is 42.5 Å². The summed E-state index contributed by atoms with van der Waals surface area (Å²) in [5.74, 6) is 0.663. The van der Waals surface area contributed by atoms with E-state index in [0.717, 1.165) is 12.0 Å². The first-order valence-corrected chi connectivity index (χ1v) is 10.8. The molecule has 0 aliphatic rings. The molecule has 6 nitrogen and oxygen atoms in total. The smallest absolute Gasteiger partial charge is 0.261 e. The van der Waals surface area contributed by atoms with Gasteiger partial charge in [-0.25, -0.2) is 0 Å². The van der Waals surface area contributed by atoms with Crippen LogP contribution in [0.4, 0.5) is 0 Å². The van der Waals surface area contributed by atoms with Gasteiger partial charge in [-0.3, -0.25) is 9.59 Å². The van der Waals surface area contributed by atoms with Gasteiger partial charge in [0.1, 0.15) is 17.5 Å². The van der Waals surface area contributed by atoms with E-state index in [9.17, 15) is 9.59 Å². The topological polar surface area (TPSA) is 67.9 Å². The molecule has 2 aromatic rings. The van der Waals surface area contributed by atoms with Gasteiger partial charge in [-0.1, -0.05) is 36.2 Å². The summed E-state index contributed by atoms with van der Waals surface area (Å²) in [4.78, 5) is 27.2. The number of hydrogen-bond acceptors (Lipinski definition) is 4. The molecule has 2 rings (SSSR count). The molecule has 8 heteroatoms. The van der Waals surface area contributed by atoms with Crippen molar-refractivity contribution >= 4 is 35.0 Å². The molecule has 1 N–H and O–H groups in total. The Morgan fingerprint density at radius 3 is 2.26 bits per heavy atom. The first-order valence-electron chi connectivity index (χ1n) is 10.1. The summed E-state index contributed by atoms with van der Waals surface area (Å²) in [6.07, 6.45) is 0.791. The minimum Gasteiger partial charge on any atom is -0.497 e. The number of halogens is 2. The number of benzene rings is 2. The van der Waals surface area contributed by atoms with Gasteiger partial charge in [0.25, 0.3) is 5.91 Å². The fourth-order valence-electron chi connectivity index (χ4n) is 2.78. The van der Waals surface area contributed by atoms with Gasteiger partial charge >= 0.3 is 0 Å². The molecule has 168 valence electrons. The predicted molar refractivity (Wildman–Crippen MR) is 123 cm³/mol. The lowest BCUT2D eigenvalue weighted by Gasteiger charge is -2.29. The standard InChI is InChI=1S/C23H28Cl2N2O4/c1-5-15(2)26-23(29)16(3)27(13-17-6-11-20(24)21(25)12-17)22(28)14-31-19-9-7-18(30-4)8-10-19/h6-12,15-16H,5,13-14H2,1-4H3,(H,26,29)/t15-,16-/m0/s1. The van der Waals surface area contributed by atoms with Crippen LogP contribution in [0.2, 0.25) is 10.0 Å². The van der Waals surface area contributed by atoms with Crippen LogP contribution in [0.5, 0.6) is 11.5 Å². The summed E-state index contributed by atoms with van der Waals surface area (Å²) in [6, 6.07) is 11.4. The molecule has 0 radical (unpaired) electrons. The quantitative estimate of drug-likeness (QED) is 0.550. The van der Waals surface area contributed by atoms with Gasteiger partial charge in [-0.2, -0.15) is 0 Å². The Kier molecular flexibility index (Phi) is 9.46. The van der Waals surface area contributed by atoms with E-state index in [1.165, 1.54) is 4.90 Å². The Balaban J connectivity index is 2.16. The minimum absolute atomic E-state index is 0.00688. The Bertz CT molecular complexity index is 890. The highest BCUT2D eigenvalue weighted by atomic mass is 35.5. The monoisotopic (exact) mass is 466 g/mol. The number of carbonyl (C=O) groups excluding carboxylic acids is 2. The van der Waals surface area contributed by atoms with Crippen molar-refractivity contribution in [2.75, 3.05) is 13.7 Å². The van der Waals surface area contributed by atoms with Crippen molar-refractivity contribution in [3.63, 3.8) is 0 Å². The molecular formula is C23H28Cl2N2O4. The van der Waals surface area contributed by atoms with E-state index in [4.69, 9.17) is 32.7 Å². The van der Waals surface area contributed by atoms with Crippen LogP contribution in [-0.2, 0) is 16.1 Å². The molecule has 0 aromatic heterocycles. The van der Waals surface area contributed by atoms with Crippen LogP contribution < -0.4 is 14.8 Å². The third-order valence-corrected chi connectivity index (χ3v) is 5.67. The van der Waals surface area contributed by atoms with Crippen molar-refractivity contribution in [1.82, 2.24) is 10.2 Å². The molecular weight excluding hydrogens is 439 g/mol. The second-order valence-electron chi connectivity index (χ2n) is 7.23. The van der Waals surface area contributed by atoms with E-state index in [-0.39, 0.29) is 31.0 Å². The van der Waals surface area contributed by atoms with Gasteiger partial charge in [0, 0.05) is 12.6 Å². The zero-order chi connectivity index (χ0) is 23.0. The second kappa shape index (κ2) is 11.8. The maximum Gasteiger partial charge on any atom is 0.261 e. The molecule has 0 heterocycles. The highest BCUT2D eigenvalue weighted by molar-refractivity contribution is 6.42. The van der Waals surface area contributed by atoms with Crippen LogP contribution in [0, 0.1) is 0 Å². The SMILES string of the molecule is CC[C@H](C)NC(=O)[C@H](C)N(Cc1ccc(Cl)c(Cl)c1)C(=O)COc1ccc(OC)cc1. The van der Waals surface area contributed by atoms with Crippen LogP contribution >= 0.6 is 23.2 Å². The number of methoxy groups -OCH3 is 1. The molecule has 0 spiro atoms. The van der Waals surface area contributed by atoms with Crippen molar-refractivity contribution in [3.8, 4) is 11.5 Å². The van der Waals surface area contributed by atoms with E-state index in [1.807, 2.05) is 13.8 Å². The maximum absolute atomic E-state index is 13.0. The van der Waals surface area contributed by atoms with Gasteiger partial charge in [-0.05, 0) is 62.2 Å². The average molecular weight is 467 g/mol. The van der Waals surface area contributed by atoms with Crippen molar-refractivity contribution < 1.29 is 19.1 Å². The van der Waals surface area contributed by atoms with Gasteiger partial charge < -0.3 is 19.7 Å². The van der Waals surface area contributed by atoms with Crippen molar-refractivity contribution in [2.24, 2.45) is 0 Å². The van der Waals surface area contributed by atoms with Crippen molar-refractivity contribution in [3.05, 3.63) is 58.1 Å². The van der Waals surface area contributed by atoms with Gasteiger partial charge in [0.2, 0.25) is 5.91 Å². The number of ether oxygens (including phenoxy) is 2. The fraction of sp³-hybridized carbons (Fsp3) is 0.391. The van der Waals surface area contributed by atoms with E-state index in [1.54, 1.807) is 56.5 Å². The Morgan fingerprint density at radius 1 is 1.03 bits per heavy atom. The lowest BCUT2D eigenvalue weighted by molar-refractivity contribution is -0.142. The van der Waals surface area contributed by atoms with Crippen molar-refractivity contribution in [2.45, 2.75) is 45.8 Å². The number of nitrogens with zero attached hydrogens (tertiary/aromatic N) is 1. The van der Waals surface area contributed by atoms with E-state index in [2.05, 4.69) is 5.32 Å². The molecule has 2 amide bonds. The van der Waals surface area contributed by atoms with E-state index < -0.39 is 6.04 Å². The number of amides is 2. The molecule has 0 aliphatic carbocycles. The third-order valence-electron chi connectivity index (χ3n) is 4.93. The summed E-state index contributed by atoms with van der Waals surface area (Å²) >= 11 is 12.1. The average Bonchev–Trinajstić information content (AvgIpc) is 2.77. The summed E-state index contributed by atoms with van der Waals surface area (Å²) in [6.45, 7) is 5.57. The lowest BCUT2D eigenvalue weighted by atomic mass is 10.1. The minimum atomic E-state index is -0.699. The first kappa shape index (κ1) is 24.8. The second-order valence-corrected chi connectivity index (χ2v) is 8.04. The van der Waals surface area contributed by atoms with Crippen LogP contribution in [0.3, 0.4) is 0 Å². The molecule has 0 saturated heterocycles. The Labute approximate surface area is 193 Å². The molecule has 2 aromatic carbocycles. The van der Waals surface area contributed by atoms with E-state index in [0.29, 0.717) is 21.5 Å². The molecule has 2 atom stereocenters. The Morgan fingerprint density at radius 2 is 1.68 bits per heavy atom. The number of carbonyl (C=O) groups is 2. The Hall–Kier alpha value is -2.44. The zero-order valence-corrected chi connectivity index (χ0v) is 19.7. The maximum atomic E-state index is 13.0. The number of nitrogens with one attached hydrogen (secondary N) is 1. The van der Waals surface area contributed by atoms with Crippen LogP contribution in [0.1, 0.15) is 32.8 Å². The van der Waals surface area contributed by atoms with Gasteiger partial charge in [-0.15, -0.1) is 0 Å². The fourth-order valence-corrected chi connectivity index (χ4v) is 3.10.